The lowest BCUT2D eigenvalue weighted by Gasteiger charge is -2.35. The van der Waals surface area contributed by atoms with Gasteiger partial charge in [-0.1, -0.05) is 6.92 Å². The molecule has 0 saturated heterocycles. The fourth-order valence-corrected chi connectivity index (χ4v) is 1.32. The lowest BCUT2D eigenvalue weighted by atomic mass is 9.99. The molecule has 0 aromatic rings. The highest BCUT2D eigenvalue weighted by Gasteiger charge is 2.22. The predicted molar refractivity (Wildman–Crippen MR) is 63.7 cm³/mol. The van der Waals surface area contributed by atoms with E-state index in [1.807, 2.05) is 0 Å². The molecule has 1 atom stereocenters. The first-order valence-corrected chi connectivity index (χ1v) is 5.53. The first kappa shape index (κ1) is 14.4. The molecule has 0 aliphatic rings. The summed E-state index contributed by atoms with van der Waals surface area (Å²) in [6.45, 7) is 7.44. The maximum absolute atomic E-state index is 11.0. The summed E-state index contributed by atoms with van der Waals surface area (Å²) in [5, 5.41) is 2.93. The molecule has 3 N–H and O–H groups in total. The average Bonchev–Trinajstić information content (AvgIpc) is 2.17. The van der Waals surface area contributed by atoms with Crippen LogP contribution in [0.4, 0.5) is 0 Å². The van der Waals surface area contributed by atoms with Crippen molar-refractivity contribution >= 4 is 5.91 Å². The third kappa shape index (κ3) is 4.62. The summed E-state index contributed by atoms with van der Waals surface area (Å²) in [6.07, 6.45) is 1.84. The van der Waals surface area contributed by atoms with Crippen molar-refractivity contribution in [2.75, 3.05) is 20.6 Å². The number of nitrogens with zero attached hydrogens (tertiary/aromatic N) is 1. The number of hydrogen-bond donors (Lipinski definition) is 2. The molecule has 0 rings (SSSR count). The van der Waals surface area contributed by atoms with E-state index in [4.69, 9.17) is 5.73 Å². The molecule has 0 radical (unpaired) electrons. The molecule has 0 saturated carbocycles. The van der Waals surface area contributed by atoms with Crippen molar-refractivity contribution in [1.29, 1.82) is 0 Å². The minimum Gasteiger partial charge on any atom is -0.368 e. The molecule has 90 valence electrons. The van der Waals surface area contributed by atoms with Crippen LogP contribution in [0.25, 0.3) is 0 Å². The Morgan fingerprint density at radius 2 is 2.07 bits per heavy atom. The zero-order valence-corrected chi connectivity index (χ0v) is 10.6. The minimum absolute atomic E-state index is 0.177. The van der Waals surface area contributed by atoms with Gasteiger partial charge >= 0.3 is 0 Å². The van der Waals surface area contributed by atoms with Crippen LogP contribution in [-0.2, 0) is 4.79 Å². The molecule has 4 nitrogen and oxygen atoms in total. The summed E-state index contributed by atoms with van der Waals surface area (Å²) in [7, 11) is 3.84. The first-order valence-electron chi connectivity index (χ1n) is 5.53. The summed E-state index contributed by atoms with van der Waals surface area (Å²) >= 11 is 0. The quantitative estimate of drug-likeness (QED) is 0.653. The Bertz CT molecular complexity index is 204. The van der Waals surface area contributed by atoms with Gasteiger partial charge in [-0.15, -0.1) is 0 Å². The van der Waals surface area contributed by atoms with Gasteiger partial charge < -0.3 is 16.0 Å². The van der Waals surface area contributed by atoms with Crippen LogP contribution >= 0.6 is 0 Å². The van der Waals surface area contributed by atoms with Gasteiger partial charge in [0.25, 0.3) is 0 Å². The molecule has 4 heteroatoms. The van der Waals surface area contributed by atoms with E-state index in [2.05, 4.69) is 38.0 Å². The molecule has 0 fully saturated rings. The van der Waals surface area contributed by atoms with Crippen LogP contribution in [0.5, 0.6) is 0 Å². The number of primary amides is 1. The number of carbonyl (C=O) groups excluding carboxylic acids is 1. The minimum atomic E-state index is -0.278. The largest absolute Gasteiger partial charge is 0.368 e. The van der Waals surface area contributed by atoms with Gasteiger partial charge in [0, 0.05) is 12.1 Å². The number of likely N-dealkylation sites (N-methyl/N-ethyl adjacent to an activating group) is 1. The number of nitrogens with one attached hydrogen (secondary N) is 1. The van der Waals surface area contributed by atoms with Crippen molar-refractivity contribution in [2.45, 2.75) is 45.2 Å². The second kappa shape index (κ2) is 6.08. The van der Waals surface area contributed by atoms with Gasteiger partial charge in [-0.05, 0) is 40.8 Å². The predicted octanol–water partition coefficient (Wildman–Crippen LogP) is 0.570. The standard InChI is InChI=1S/C11H25N3O/c1-6-11(2,3)14(5)8-7-9(13-4)10(12)15/h9,13H,6-8H2,1-5H3,(H2,12,15). The van der Waals surface area contributed by atoms with E-state index in [0.29, 0.717) is 0 Å². The van der Waals surface area contributed by atoms with Crippen molar-refractivity contribution in [1.82, 2.24) is 10.2 Å². The molecule has 1 unspecified atom stereocenters. The third-order valence-electron chi connectivity index (χ3n) is 3.34. The molecule has 0 aliphatic heterocycles. The van der Waals surface area contributed by atoms with Crippen molar-refractivity contribution in [3.8, 4) is 0 Å². The number of rotatable bonds is 7. The lowest BCUT2D eigenvalue weighted by Crippen LogP contribution is -2.45. The van der Waals surface area contributed by atoms with E-state index in [0.717, 1.165) is 19.4 Å². The summed E-state index contributed by atoms with van der Waals surface area (Å²) in [5.41, 5.74) is 5.43. The van der Waals surface area contributed by atoms with Gasteiger partial charge in [-0.25, -0.2) is 0 Å². The summed E-state index contributed by atoms with van der Waals surface area (Å²) < 4.78 is 0. The zero-order chi connectivity index (χ0) is 12.1. The lowest BCUT2D eigenvalue weighted by molar-refractivity contribution is -0.120. The monoisotopic (exact) mass is 215 g/mol. The van der Waals surface area contributed by atoms with E-state index < -0.39 is 0 Å². The second-order valence-electron chi connectivity index (χ2n) is 4.62. The second-order valence-corrected chi connectivity index (χ2v) is 4.62. The molecule has 0 aliphatic carbocycles. The van der Waals surface area contributed by atoms with E-state index in [1.54, 1.807) is 7.05 Å². The van der Waals surface area contributed by atoms with Gasteiger partial charge in [0.2, 0.25) is 5.91 Å². The van der Waals surface area contributed by atoms with Crippen molar-refractivity contribution in [3.63, 3.8) is 0 Å². The van der Waals surface area contributed by atoms with Crippen LogP contribution in [0, 0.1) is 0 Å². The van der Waals surface area contributed by atoms with E-state index >= 15 is 0 Å². The Morgan fingerprint density at radius 3 is 2.40 bits per heavy atom. The summed E-state index contributed by atoms with van der Waals surface area (Å²) in [6, 6.07) is -0.222. The van der Waals surface area contributed by atoms with Gasteiger partial charge in [0.15, 0.2) is 0 Å². The van der Waals surface area contributed by atoms with Crippen LogP contribution < -0.4 is 11.1 Å². The average molecular weight is 215 g/mol. The molecule has 0 aromatic carbocycles. The van der Waals surface area contributed by atoms with Crippen LogP contribution in [-0.4, -0.2) is 43.0 Å². The van der Waals surface area contributed by atoms with Crippen LogP contribution in [0.2, 0.25) is 0 Å². The molecule has 15 heavy (non-hydrogen) atoms. The van der Waals surface area contributed by atoms with Gasteiger partial charge in [-0.2, -0.15) is 0 Å². The highest BCUT2D eigenvalue weighted by molar-refractivity contribution is 5.79. The first-order chi connectivity index (χ1) is 6.85. The van der Waals surface area contributed by atoms with Crippen molar-refractivity contribution in [2.24, 2.45) is 5.73 Å². The normalized spacial score (nSPS) is 14.3. The van der Waals surface area contributed by atoms with E-state index in [9.17, 15) is 4.79 Å². The highest BCUT2D eigenvalue weighted by atomic mass is 16.1. The number of amides is 1. The maximum Gasteiger partial charge on any atom is 0.234 e. The van der Waals surface area contributed by atoms with Crippen molar-refractivity contribution in [3.05, 3.63) is 0 Å². The molecule has 0 bridgehead atoms. The SMILES string of the molecule is CCC(C)(C)N(C)CCC(NC)C(N)=O. The smallest absolute Gasteiger partial charge is 0.234 e. The Morgan fingerprint density at radius 1 is 1.53 bits per heavy atom. The number of nitrogens with two attached hydrogens (primary N) is 1. The molecule has 1 amide bonds. The Balaban J connectivity index is 4.09. The highest BCUT2D eigenvalue weighted by Crippen LogP contribution is 2.16. The number of carbonyl (C=O) groups is 1. The Kier molecular flexibility index (Phi) is 5.83. The van der Waals surface area contributed by atoms with Crippen molar-refractivity contribution < 1.29 is 4.79 Å². The van der Waals surface area contributed by atoms with Gasteiger partial charge in [-0.3, -0.25) is 4.79 Å². The van der Waals surface area contributed by atoms with Crippen LogP contribution in [0.15, 0.2) is 0 Å². The van der Waals surface area contributed by atoms with Crippen LogP contribution in [0.1, 0.15) is 33.6 Å². The third-order valence-corrected chi connectivity index (χ3v) is 3.34. The maximum atomic E-state index is 11.0. The molecular formula is C11H25N3O. The molecule has 0 aromatic heterocycles. The van der Waals surface area contributed by atoms with E-state index in [1.165, 1.54) is 0 Å². The molecule has 0 heterocycles. The fraction of sp³-hybridized carbons (Fsp3) is 0.909. The topological polar surface area (TPSA) is 58.4 Å². The van der Waals surface area contributed by atoms with Gasteiger partial charge in [0.05, 0.1) is 6.04 Å². The zero-order valence-electron chi connectivity index (χ0n) is 10.6. The Labute approximate surface area is 93.2 Å². The fourth-order valence-electron chi connectivity index (χ4n) is 1.32. The molecule has 0 spiro atoms. The molecular weight excluding hydrogens is 190 g/mol. The van der Waals surface area contributed by atoms with Crippen LogP contribution in [0.3, 0.4) is 0 Å². The summed E-state index contributed by atoms with van der Waals surface area (Å²) in [4.78, 5) is 13.3. The summed E-state index contributed by atoms with van der Waals surface area (Å²) in [5.74, 6) is -0.278. The van der Waals surface area contributed by atoms with Gasteiger partial charge in [0.1, 0.15) is 0 Å². The van der Waals surface area contributed by atoms with E-state index in [-0.39, 0.29) is 17.5 Å². The number of hydrogen-bond acceptors (Lipinski definition) is 3. The Hall–Kier alpha value is -0.610.